The molecule has 3 heterocycles. The number of nitrogens with one attached hydrogen (secondary N) is 1. The van der Waals surface area contributed by atoms with Crippen LogP contribution in [0.2, 0.25) is 0 Å². The zero-order chi connectivity index (χ0) is 17.1. The van der Waals surface area contributed by atoms with Crippen LogP contribution in [-0.4, -0.2) is 38.2 Å². The van der Waals surface area contributed by atoms with E-state index < -0.39 is 0 Å². The van der Waals surface area contributed by atoms with Crippen molar-refractivity contribution < 1.29 is 0 Å². The number of pyridine rings is 1. The molecular formula is C19H20BrN5. The van der Waals surface area contributed by atoms with Gasteiger partial charge in [-0.1, -0.05) is 30.3 Å². The largest absolute Gasteiger partial charge is 0.299 e. The van der Waals surface area contributed by atoms with Gasteiger partial charge >= 0.3 is 0 Å². The minimum Gasteiger partial charge on any atom is -0.299 e. The Labute approximate surface area is 155 Å². The van der Waals surface area contributed by atoms with E-state index in [1.807, 2.05) is 12.1 Å². The van der Waals surface area contributed by atoms with Gasteiger partial charge in [-0.2, -0.15) is 5.10 Å². The van der Waals surface area contributed by atoms with E-state index in [1.54, 1.807) is 6.20 Å². The average Bonchev–Trinajstić information content (AvgIpc) is 3.14. The van der Waals surface area contributed by atoms with Crippen molar-refractivity contribution in [1.82, 2.24) is 25.1 Å². The van der Waals surface area contributed by atoms with Gasteiger partial charge in [-0.3, -0.25) is 15.0 Å². The summed E-state index contributed by atoms with van der Waals surface area (Å²) in [4.78, 5) is 11.6. The van der Waals surface area contributed by atoms with Crippen LogP contribution in [0.4, 0.5) is 0 Å². The first-order valence-corrected chi connectivity index (χ1v) is 9.38. The first-order valence-electron chi connectivity index (χ1n) is 8.58. The van der Waals surface area contributed by atoms with Gasteiger partial charge < -0.3 is 0 Å². The quantitative estimate of drug-likeness (QED) is 0.722. The van der Waals surface area contributed by atoms with Crippen molar-refractivity contribution in [3.8, 4) is 11.5 Å². The summed E-state index contributed by atoms with van der Waals surface area (Å²) in [6.45, 7) is 3.20. The fourth-order valence-electron chi connectivity index (χ4n) is 3.29. The smallest absolute Gasteiger partial charge is 0.199 e. The molecule has 6 heteroatoms. The highest BCUT2D eigenvalue weighted by Crippen LogP contribution is 2.27. The van der Waals surface area contributed by atoms with Crippen molar-refractivity contribution in [3.63, 3.8) is 0 Å². The lowest BCUT2D eigenvalue weighted by atomic mass is 9.96. The summed E-state index contributed by atoms with van der Waals surface area (Å²) >= 11 is 3.40. The average molecular weight is 398 g/mol. The van der Waals surface area contributed by atoms with Gasteiger partial charge in [0.15, 0.2) is 5.82 Å². The topological polar surface area (TPSA) is 57.7 Å². The van der Waals surface area contributed by atoms with E-state index in [2.05, 4.69) is 71.3 Å². The minimum absolute atomic E-state index is 0.448. The summed E-state index contributed by atoms with van der Waals surface area (Å²) in [5, 5.41) is 7.47. The van der Waals surface area contributed by atoms with Crippen molar-refractivity contribution >= 4 is 15.9 Å². The van der Waals surface area contributed by atoms with Crippen LogP contribution in [0.3, 0.4) is 0 Å². The van der Waals surface area contributed by atoms with Crippen LogP contribution < -0.4 is 0 Å². The van der Waals surface area contributed by atoms with Crippen LogP contribution in [0.1, 0.15) is 30.1 Å². The number of rotatable bonds is 4. The molecule has 25 heavy (non-hydrogen) atoms. The van der Waals surface area contributed by atoms with E-state index in [-0.39, 0.29) is 0 Å². The van der Waals surface area contributed by atoms with Crippen molar-refractivity contribution in [3.05, 3.63) is 64.5 Å². The van der Waals surface area contributed by atoms with Gasteiger partial charge in [0.05, 0.1) is 0 Å². The third-order valence-electron chi connectivity index (χ3n) is 4.68. The molecule has 0 saturated carbocycles. The zero-order valence-corrected chi connectivity index (χ0v) is 15.5. The molecule has 1 aliphatic heterocycles. The summed E-state index contributed by atoms with van der Waals surface area (Å²) in [5.74, 6) is 2.11. The number of H-pyrrole nitrogens is 1. The Hall–Kier alpha value is -2.05. The highest BCUT2D eigenvalue weighted by Gasteiger charge is 2.23. The number of halogens is 1. The monoisotopic (exact) mass is 397 g/mol. The molecule has 0 amide bonds. The van der Waals surface area contributed by atoms with Gasteiger partial charge in [0.2, 0.25) is 0 Å². The number of aromatic amines is 1. The summed E-state index contributed by atoms with van der Waals surface area (Å²) in [6.07, 6.45) is 3.98. The maximum Gasteiger partial charge on any atom is 0.199 e. The molecule has 1 fully saturated rings. The van der Waals surface area contributed by atoms with Crippen molar-refractivity contribution in [2.75, 3.05) is 13.1 Å². The Morgan fingerprint density at radius 2 is 1.88 bits per heavy atom. The standard InChI is InChI=1S/C19H20BrN5/c20-16-6-7-17(21-12-16)19-22-18(23-24-19)15-8-10-25(11-9-15)13-14-4-2-1-3-5-14/h1-7,12,15H,8-11,13H2,(H,22,23,24). The van der Waals surface area contributed by atoms with Gasteiger partial charge in [0.1, 0.15) is 11.5 Å². The van der Waals surface area contributed by atoms with Gasteiger partial charge in [-0.05, 0) is 59.6 Å². The number of piperidine rings is 1. The SMILES string of the molecule is Brc1ccc(-c2n[nH]c(C3CCN(Cc4ccccc4)CC3)n2)nc1. The number of likely N-dealkylation sites (tertiary alicyclic amines) is 1. The Bertz CT molecular complexity index is 807. The molecule has 0 spiro atoms. The molecule has 1 N–H and O–H groups in total. The number of hydrogen-bond acceptors (Lipinski definition) is 4. The molecular weight excluding hydrogens is 378 g/mol. The highest BCUT2D eigenvalue weighted by atomic mass is 79.9. The molecule has 4 rings (SSSR count). The third-order valence-corrected chi connectivity index (χ3v) is 5.15. The molecule has 0 aliphatic carbocycles. The first kappa shape index (κ1) is 16.4. The van der Waals surface area contributed by atoms with E-state index >= 15 is 0 Å². The van der Waals surface area contributed by atoms with Gasteiger partial charge in [-0.15, -0.1) is 0 Å². The zero-order valence-electron chi connectivity index (χ0n) is 13.9. The Kier molecular flexibility index (Phi) is 4.90. The van der Waals surface area contributed by atoms with Gasteiger partial charge in [0, 0.05) is 23.1 Å². The number of aromatic nitrogens is 4. The van der Waals surface area contributed by atoms with E-state index in [0.717, 1.165) is 48.5 Å². The molecule has 2 aromatic heterocycles. The van der Waals surface area contributed by atoms with Gasteiger partial charge in [0.25, 0.3) is 0 Å². The number of hydrogen-bond donors (Lipinski definition) is 1. The first-order chi connectivity index (χ1) is 12.3. The minimum atomic E-state index is 0.448. The van der Waals surface area contributed by atoms with Crippen molar-refractivity contribution in [1.29, 1.82) is 0 Å². The lowest BCUT2D eigenvalue weighted by Gasteiger charge is -2.30. The second-order valence-electron chi connectivity index (χ2n) is 6.44. The van der Waals surface area contributed by atoms with E-state index in [0.29, 0.717) is 11.7 Å². The molecule has 0 unspecified atom stereocenters. The van der Waals surface area contributed by atoms with Crippen molar-refractivity contribution in [2.24, 2.45) is 0 Å². The van der Waals surface area contributed by atoms with Crippen LogP contribution >= 0.6 is 15.9 Å². The van der Waals surface area contributed by atoms with Crippen LogP contribution in [0, 0.1) is 0 Å². The van der Waals surface area contributed by atoms with E-state index in [4.69, 9.17) is 0 Å². The Balaban J connectivity index is 1.37. The maximum absolute atomic E-state index is 4.68. The molecule has 1 aromatic carbocycles. The third kappa shape index (κ3) is 3.96. The van der Waals surface area contributed by atoms with E-state index in [9.17, 15) is 0 Å². The molecule has 5 nitrogen and oxygen atoms in total. The predicted molar refractivity (Wildman–Crippen MR) is 101 cm³/mol. The summed E-state index contributed by atoms with van der Waals surface area (Å²) in [5.41, 5.74) is 2.18. The second-order valence-corrected chi connectivity index (χ2v) is 7.36. The normalized spacial score (nSPS) is 16.2. The molecule has 0 atom stereocenters. The fraction of sp³-hybridized carbons (Fsp3) is 0.316. The number of nitrogens with zero attached hydrogens (tertiary/aromatic N) is 4. The van der Waals surface area contributed by atoms with Crippen LogP contribution in [0.25, 0.3) is 11.5 Å². The summed E-state index contributed by atoms with van der Waals surface area (Å²) < 4.78 is 0.956. The summed E-state index contributed by atoms with van der Waals surface area (Å²) in [7, 11) is 0. The predicted octanol–water partition coefficient (Wildman–Crippen LogP) is 4.01. The maximum atomic E-state index is 4.68. The van der Waals surface area contributed by atoms with Crippen LogP contribution in [0.5, 0.6) is 0 Å². The van der Waals surface area contributed by atoms with Crippen LogP contribution in [-0.2, 0) is 6.54 Å². The summed E-state index contributed by atoms with van der Waals surface area (Å²) in [6, 6.07) is 14.6. The number of benzene rings is 1. The fourth-order valence-corrected chi connectivity index (χ4v) is 3.52. The van der Waals surface area contributed by atoms with Crippen LogP contribution in [0.15, 0.2) is 53.1 Å². The Morgan fingerprint density at radius 1 is 1.08 bits per heavy atom. The lowest BCUT2D eigenvalue weighted by molar-refractivity contribution is 0.202. The molecule has 1 saturated heterocycles. The highest BCUT2D eigenvalue weighted by molar-refractivity contribution is 9.10. The lowest BCUT2D eigenvalue weighted by Crippen LogP contribution is -2.32. The second kappa shape index (κ2) is 7.45. The van der Waals surface area contributed by atoms with Crippen molar-refractivity contribution in [2.45, 2.75) is 25.3 Å². The Morgan fingerprint density at radius 3 is 2.60 bits per heavy atom. The molecule has 128 valence electrons. The van der Waals surface area contributed by atoms with E-state index in [1.165, 1.54) is 5.56 Å². The molecule has 0 radical (unpaired) electrons. The molecule has 1 aliphatic rings. The molecule has 3 aromatic rings. The van der Waals surface area contributed by atoms with Gasteiger partial charge in [-0.25, -0.2) is 4.98 Å². The molecule has 0 bridgehead atoms.